The topological polar surface area (TPSA) is 43.8 Å². The summed E-state index contributed by atoms with van der Waals surface area (Å²) in [7, 11) is 0. The van der Waals surface area contributed by atoms with Crippen LogP contribution in [0.4, 0.5) is 4.79 Å². The Labute approximate surface area is 103 Å². The van der Waals surface area contributed by atoms with Crippen molar-refractivity contribution < 1.29 is 9.90 Å². The van der Waals surface area contributed by atoms with Crippen molar-refractivity contribution in [1.82, 2.24) is 9.80 Å². The third-order valence-corrected chi connectivity index (χ3v) is 3.64. The predicted molar refractivity (Wildman–Crippen MR) is 65.3 cm³/mol. The molecule has 0 aromatic carbocycles. The van der Waals surface area contributed by atoms with E-state index in [-0.39, 0.29) is 12.4 Å². The molecule has 2 aliphatic heterocycles. The van der Waals surface area contributed by atoms with Crippen molar-refractivity contribution in [2.75, 3.05) is 26.2 Å². The normalized spacial score (nSPS) is 23.9. The van der Waals surface area contributed by atoms with E-state index in [0.29, 0.717) is 6.04 Å². The summed E-state index contributed by atoms with van der Waals surface area (Å²) in [6, 6.07) is 0.640. The third kappa shape index (κ3) is 3.25. The minimum absolute atomic E-state index is 0. The standard InChI is InChI=1S/C11H20N2O2.ClH/c14-11(15)13-8-4-10(5-9-13)12-6-2-1-3-7-12;/h10H,1-9H2,(H,14,15);1H. The van der Waals surface area contributed by atoms with Crippen LogP contribution in [0, 0.1) is 0 Å². The van der Waals surface area contributed by atoms with E-state index in [1.54, 1.807) is 4.90 Å². The van der Waals surface area contributed by atoms with E-state index in [1.165, 1.54) is 32.4 Å². The van der Waals surface area contributed by atoms with Gasteiger partial charge in [0.15, 0.2) is 0 Å². The zero-order valence-corrected chi connectivity index (χ0v) is 10.4. The molecule has 0 atom stereocenters. The Hall–Kier alpha value is -0.480. The van der Waals surface area contributed by atoms with Gasteiger partial charge in [-0.05, 0) is 38.8 Å². The number of halogens is 1. The molecule has 0 bridgehead atoms. The Balaban J connectivity index is 0.00000128. The van der Waals surface area contributed by atoms with Crippen LogP contribution in [0.15, 0.2) is 0 Å². The number of rotatable bonds is 1. The van der Waals surface area contributed by atoms with E-state index in [1.807, 2.05) is 0 Å². The van der Waals surface area contributed by atoms with Gasteiger partial charge >= 0.3 is 6.09 Å². The Kier molecular flexibility index (Phi) is 5.35. The smallest absolute Gasteiger partial charge is 0.407 e. The molecule has 2 saturated heterocycles. The summed E-state index contributed by atoms with van der Waals surface area (Å²) in [4.78, 5) is 14.8. The molecule has 0 aromatic rings. The van der Waals surface area contributed by atoms with Crippen LogP contribution in [0.3, 0.4) is 0 Å². The fourth-order valence-electron chi connectivity index (χ4n) is 2.71. The second kappa shape index (κ2) is 6.30. The molecule has 5 heteroatoms. The van der Waals surface area contributed by atoms with Crippen molar-refractivity contribution in [2.45, 2.75) is 38.1 Å². The van der Waals surface area contributed by atoms with Gasteiger partial charge in [-0.2, -0.15) is 0 Å². The molecule has 16 heavy (non-hydrogen) atoms. The number of amides is 1. The molecular weight excluding hydrogens is 228 g/mol. The van der Waals surface area contributed by atoms with E-state index in [9.17, 15) is 4.79 Å². The number of carboxylic acid groups (broad SMARTS) is 1. The molecule has 0 aromatic heterocycles. The first kappa shape index (κ1) is 13.6. The molecule has 2 aliphatic rings. The first-order valence-corrected chi connectivity index (χ1v) is 5.99. The number of likely N-dealkylation sites (tertiary alicyclic amines) is 2. The second-order valence-electron chi connectivity index (χ2n) is 4.60. The lowest BCUT2D eigenvalue weighted by molar-refractivity contribution is 0.0849. The highest BCUT2D eigenvalue weighted by Gasteiger charge is 2.27. The summed E-state index contributed by atoms with van der Waals surface area (Å²) in [6.07, 6.45) is 5.29. The molecule has 0 aliphatic carbocycles. The van der Waals surface area contributed by atoms with E-state index in [2.05, 4.69) is 4.90 Å². The molecule has 1 amide bonds. The van der Waals surface area contributed by atoms with Gasteiger partial charge in [-0.25, -0.2) is 4.79 Å². The maximum absolute atomic E-state index is 10.7. The lowest BCUT2D eigenvalue weighted by atomic mass is 10.0. The molecule has 0 saturated carbocycles. The van der Waals surface area contributed by atoms with Crippen molar-refractivity contribution in [2.24, 2.45) is 0 Å². The van der Waals surface area contributed by atoms with E-state index < -0.39 is 6.09 Å². The number of carbonyl (C=O) groups is 1. The molecule has 0 spiro atoms. The van der Waals surface area contributed by atoms with Crippen LogP contribution in [0.1, 0.15) is 32.1 Å². The highest BCUT2D eigenvalue weighted by molar-refractivity contribution is 5.85. The molecule has 1 N–H and O–H groups in total. The first-order chi connectivity index (χ1) is 7.27. The highest BCUT2D eigenvalue weighted by Crippen LogP contribution is 2.20. The molecule has 4 nitrogen and oxygen atoms in total. The van der Waals surface area contributed by atoms with Crippen LogP contribution < -0.4 is 0 Å². The average molecular weight is 249 g/mol. The fraction of sp³-hybridized carbons (Fsp3) is 0.909. The van der Waals surface area contributed by atoms with E-state index in [4.69, 9.17) is 5.11 Å². The van der Waals surface area contributed by atoms with Crippen LogP contribution in [-0.2, 0) is 0 Å². The molecule has 0 radical (unpaired) electrons. The van der Waals surface area contributed by atoms with Gasteiger partial charge in [-0.15, -0.1) is 12.4 Å². The Morgan fingerprint density at radius 3 is 2.06 bits per heavy atom. The maximum Gasteiger partial charge on any atom is 0.407 e. The fourth-order valence-corrected chi connectivity index (χ4v) is 2.71. The van der Waals surface area contributed by atoms with Gasteiger partial charge in [0.2, 0.25) is 0 Å². The van der Waals surface area contributed by atoms with Gasteiger partial charge in [0.05, 0.1) is 0 Å². The van der Waals surface area contributed by atoms with Crippen molar-refractivity contribution in [3.05, 3.63) is 0 Å². The minimum atomic E-state index is -0.757. The van der Waals surface area contributed by atoms with Crippen LogP contribution >= 0.6 is 12.4 Å². The zero-order valence-electron chi connectivity index (χ0n) is 9.60. The monoisotopic (exact) mass is 248 g/mol. The van der Waals surface area contributed by atoms with Gasteiger partial charge < -0.3 is 14.9 Å². The summed E-state index contributed by atoms with van der Waals surface area (Å²) in [5.74, 6) is 0. The molecular formula is C11H21ClN2O2. The lowest BCUT2D eigenvalue weighted by Gasteiger charge is -2.39. The first-order valence-electron chi connectivity index (χ1n) is 5.99. The van der Waals surface area contributed by atoms with Crippen LogP contribution in [0.2, 0.25) is 0 Å². The quantitative estimate of drug-likeness (QED) is 0.772. The Morgan fingerprint density at radius 1 is 1.00 bits per heavy atom. The van der Waals surface area contributed by atoms with E-state index in [0.717, 1.165) is 25.9 Å². The van der Waals surface area contributed by atoms with Gasteiger partial charge in [0, 0.05) is 19.1 Å². The molecule has 0 unspecified atom stereocenters. The third-order valence-electron chi connectivity index (χ3n) is 3.64. The highest BCUT2D eigenvalue weighted by atomic mass is 35.5. The number of piperidine rings is 2. The Morgan fingerprint density at radius 2 is 1.56 bits per heavy atom. The summed E-state index contributed by atoms with van der Waals surface area (Å²) in [6.45, 7) is 3.88. The van der Waals surface area contributed by atoms with Crippen molar-refractivity contribution >= 4 is 18.5 Å². The van der Waals surface area contributed by atoms with Crippen molar-refractivity contribution in [1.29, 1.82) is 0 Å². The van der Waals surface area contributed by atoms with Gasteiger partial charge in [0.25, 0.3) is 0 Å². The van der Waals surface area contributed by atoms with Crippen LogP contribution in [0.5, 0.6) is 0 Å². The lowest BCUT2D eigenvalue weighted by Crippen LogP contribution is -2.47. The maximum atomic E-state index is 10.7. The number of hydrogen-bond acceptors (Lipinski definition) is 2. The van der Waals surface area contributed by atoms with Crippen molar-refractivity contribution in [3.63, 3.8) is 0 Å². The molecule has 94 valence electrons. The van der Waals surface area contributed by atoms with Gasteiger partial charge in [0.1, 0.15) is 0 Å². The van der Waals surface area contributed by atoms with Gasteiger partial charge in [-0.1, -0.05) is 6.42 Å². The molecule has 2 rings (SSSR count). The van der Waals surface area contributed by atoms with E-state index >= 15 is 0 Å². The molecule has 2 fully saturated rings. The number of hydrogen-bond donors (Lipinski definition) is 1. The average Bonchev–Trinajstić information content (AvgIpc) is 2.30. The zero-order chi connectivity index (χ0) is 10.7. The summed E-state index contributed by atoms with van der Waals surface area (Å²) in [5, 5.41) is 8.85. The Bertz CT molecular complexity index is 224. The molecule has 2 heterocycles. The summed E-state index contributed by atoms with van der Waals surface area (Å²) < 4.78 is 0. The predicted octanol–water partition coefficient (Wildman–Crippen LogP) is 2.04. The largest absolute Gasteiger partial charge is 0.465 e. The van der Waals surface area contributed by atoms with Crippen molar-refractivity contribution in [3.8, 4) is 0 Å². The van der Waals surface area contributed by atoms with Crippen LogP contribution in [0.25, 0.3) is 0 Å². The van der Waals surface area contributed by atoms with Gasteiger partial charge in [-0.3, -0.25) is 0 Å². The minimum Gasteiger partial charge on any atom is -0.465 e. The second-order valence-corrected chi connectivity index (χ2v) is 4.60. The summed E-state index contributed by atoms with van der Waals surface area (Å²) >= 11 is 0. The SMILES string of the molecule is Cl.O=C(O)N1CCC(N2CCCCC2)CC1. The summed E-state index contributed by atoms with van der Waals surface area (Å²) in [5.41, 5.74) is 0. The number of nitrogens with zero attached hydrogens (tertiary/aromatic N) is 2. The van der Waals surface area contributed by atoms with Crippen LogP contribution in [-0.4, -0.2) is 53.2 Å².